The molecule has 0 fully saturated rings. The van der Waals surface area contributed by atoms with Crippen LogP contribution in [0.2, 0.25) is 0 Å². The third-order valence-electron chi connectivity index (χ3n) is 8.92. The van der Waals surface area contributed by atoms with Gasteiger partial charge in [0.05, 0.1) is 33.5 Å². The van der Waals surface area contributed by atoms with Gasteiger partial charge in [0.25, 0.3) is 11.8 Å². The fourth-order valence-corrected chi connectivity index (χ4v) is 6.74. The van der Waals surface area contributed by atoms with Gasteiger partial charge in [0.2, 0.25) is 0 Å². The van der Waals surface area contributed by atoms with E-state index in [9.17, 15) is 9.59 Å². The minimum absolute atomic E-state index is 0.353. The van der Waals surface area contributed by atoms with Crippen molar-refractivity contribution in [3.63, 3.8) is 0 Å². The molecule has 48 heavy (non-hydrogen) atoms. The van der Waals surface area contributed by atoms with Crippen LogP contribution in [0.4, 0.5) is 5.69 Å². The summed E-state index contributed by atoms with van der Waals surface area (Å²) < 4.78 is 2.09. The second-order valence-corrected chi connectivity index (χ2v) is 11.6. The van der Waals surface area contributed by atoms with Crippen molar-refractivity contribution in [2.24, 2.45) is 0 Å². The average molecular weight is 621 g/mol. The zero-order valence-corrected chi connectivity index (χ0v) is 25.4. The number of benzene rings is 5. The highest BCUT2D eigenvalue weighted by Crippen LogP contribution is 2.41. The Morgan fingerprint density at radius 2 is 0.979 bits per heavy atom. The average Bonchev–Trinajstić information content (AvgIpc) is 3.62. The van der Waals surface area contributed by atoms with Crippen molar-refractivity contribution < 1.29 is 9.59 Å². The summed E-state index contributed by atoms with van der Waals surface area (Å²) in [7, 11) is 0. The zero-order chi connectivity index (χ0) is 32.2. The lowest BCUT2D eigenvalue weighted by atomic mass is 10.0. The molecule has 1 aliphatic rings. The molecule has 8 heteroatoms. The maximum Gasteiger partial charge on any atom is 0.268 e. The summed E-state index contributed by atoms with van der Waals surface area (Å²) in [5.41, 5.74) is 8.94. The summed E-state index contributed by atoms with van der Waals surface area (Å²) in [5.74, 6) is -0.727. The number of amides is 2. The number of hydrogen-bond donors (Lipinski definition) is 0. The first-order chi connectivity index (χ1) is 23.7. The molecule has 0 radical (unpaired) electrons. The number of rotatable bonds is 5. The zero-order valence-electron chi connectivity index (χ0n) is 25.4. The normalized spacial score (nSPS) is 12.6. The second-order valence-electron chi connectivity index (χ2n) is 11.6. The van der Waals surface area contributed by atoms with E-state index in [1.54, 1.807) is 30.9 Å². The number of para-hydroxylation sites is 1. The number of nitrogens with zero attached hydrogens (tertiary/aromatic N) is 6. The van der Waals surface area contributed by atoms with Crippen molar-refractivity contribution in [2.75, 3.05) is 4.90 Å². The number of fused-ring (bicyclic) bond motifs is 4. The molecule has 0 N–H and O–H groups in total. The Hall–Kier alpha value is -6.80. The van der Waals surface area contributed by atoms with Gasteiger partial charge >= 0.3 is 0 Å². The van der Waals surface area contributed by atoms with E-state index in [1.807, 2.05) is 66.7 Å². The quantitative estimate of drug-likeness (QED) is 0.180. The van der Waals surface area contributed by atoms with Crippen molar-refractivity contribution in [2.45, 2.75) is 0 Å². The number of hydrogen-bond acceptors (Lipinski definition) is 6. The molecule has 0 bridgehead atoms. The van der Waals surface area contributed by atoms with Crippen LogP contribution < -0.4 is 4.90 Å². The van der Waals surface area contributed by atoms with Crippen LogP contribution >= 0.6 is 0 Å². The number of carbonyl (C=O) groups is 2. The third kappa shape index (κ3) is 4.24. The molecule has 0 spiro atoms. The van der Waals surface area contributed by atoms with Crippen LogP contribution in [0.3, 0.4) is 0 Å². The summed E-state index contributed by atoms with van der Waals surface area (Å²) in [6.07, 6.45) is 10.1. The summed E-state index contributed by atoms with van der Waals surface area (Å²) in [5, 5.41) is 2.00. The van der Waals surface area contributed by atoms with Crippen LogP contribution in [-0.4, -0.2) is 36.3 Å². The van der Waals surface area contributed by atoms with Crippen molar-refractivity contribution in [1.29, 1.82) is 0 Å². The molecule has 4 heterocycles. The highest BCUT2D eigenvalue weighted by molar-refractivity contribution is 6.36. The Balaban J connectivity index is 1.29. The van der Waals surface area contributed by atoms with Crippen molar-refractivity contribution in [3.8, 4) is 39.1 Å². The fourth-order valence-electron chi connectivity index (χ4n) is 6.74. The molecular weight excluding hydrogens is 596 g/mol. The SMILES string of the molecule is O=C1c2cccc(-n3c4cc(-c5cncnc5)ccc4c4ccc(-c5cncnc5)cc43)c2C(=O)N1c1ccccc1-c1ccccc1. The molecule has 2 amide bonds. The van der Waals surface area contributed by atoms with Crippen LogP contribution in [0.25, 0.3) is 60.9 Å². The minimum atomic E-state index is -0.371. The third-order valence-corrected chi connectivity index (χ3v) is 8.92. The maximum atomic E-state index is 14.6. The van der Waals surface area contributed by atoms with Gasteiger partial charge in [-0.1, -0.05) is 78.9 Å². The Labute approximate surface area is 274 Å². The van der Waals surface area contributed by atoms with E-state index in [0.717, 1.165) is 55.2 Å². The van der Waals surface area contributed by atoms with Gasteiger partial charge in [-0.25, -0.2) is 24.8 Å². The van der Waals surface area contributed by atoms with Gasteiger partial charge in [0, 0.05) is 52.3 Å². The Morgan fingerprint density at radius 1 is 0.438 bits per heavy atom. The number of imide groups is 1. The van der Waals surface area contributed by atoms with E-state index in [4.69, 9.17) is 0 Å². The predicted octanol–water partition coefficient (Wildman–Crippen LogP) is 8.17. The van der Waals surface area contributed by atoms with Gasteiger partial charge in [0.1, 0.15) is 12.7 Å². The first kappa shape index (κ1) is 27.5. The van der Waals surface area contributed by atoms with Gasteiger partial charge in [-0.2, -0.15) is 0 Å². The van der Waals surface area contributed by atoms with Crippen LogP contribution in [0, 0.1) is 0 Å². The topological polar surface area (TPSA) is 93.9 Å². The highest BCUT2D eigenvalue weighted by Gasteiger charge is 2.40. The number of carbonyl (C=O) groups excluding carboxylic acids is 2. The van der Waals surface area contributed by atoms with Gasteiger partial charge < -0.3 is 4.57 Å². The molecule has 226 valence electrons. The summed E-state index contributed by atoms with van der Waals surface area (Å²) in [6, 6.07) is 35.2. The van der Waals surface area contributed by atoms with Gasteiger partial charge in [0.15, 0.2) is 0 Å². The second kappa shape index (κ2) is 10.9. The van der Waals surface area contributed by atoms with E-state index in [-0.39, 0.29) is 11.8 Å². The molecule has 3 aromatic heterocycles. The summed E-state index contributed by atoms with van der Waals surface area (Å²) in [4.78, 5) is 47.0. The van der Waals surface area contributed by atoms with E-state index >= 15 is 0 Å². The largest absolute Gasteiger partial charge is 0.308 e. The molecule has 0 saturated carbocycles. The lowest BCUT2D eigenvalue weighted by molar-refractivity contribution is 0.0926. The summed E-state index contributed by atoms with van der Waals surface area (Å²) >= 11 is 0. The molecule has 0 unspecified atom stereocenters. The van der Waals surface area contributed by atoms with Crippen LogP contribution in [-0.2, 0) is 0 Å². The van der Waals surface area contributed by atoms with Crippen molar-refractivity contribution >= 4 is 39.3 Å². The standard InChI is InChI=1S/C40H24N6O2/c47-39-33-10-6-12-35(38(33)40(48)46(39)34-11-5-4-9-30(34)25-7-2-1-3-8-25)45-36-17-26(28-19-41-23-42-20-28)13-15-31(36)32-16-14-27(18-37(32)45)29-21-43-24-44-22-29/h1-24H. The van der Waals surface area contributed by atoms with E-state index in [2.05, 4.69) is 60.9 Å². The Morgan fingerprint density at radius 3 is 1.60 bits per heavy atom. The molecule has 0 saturated heterocycles. The number of anilines is 1. The molecule has 9 rings (SSSR count). The molecule has 0 aliphatic carbocycles. The smallest absolute Gasteiger partial charge is 0.268 e. The Kier molecular flexibility index (Phi) is 6.26. The maximum absolute atomic E-state index is 14.6. The van der Waals surface area contributed by atoms with Gasteiger partial charge in [-0.3, -0.25) is 9.59 Å². The molecular formula is C40H24N6O2. The summed E-state index contributed by atoms with van der Waals surface area (Å²) in [6.45, 7) is 0. The lowest BCUT2D eigenvalue weighted by Gasteiger charge is -2.19. The Bertz CT molecular complexity index is 2450. The lowest BCUT2D eigenvalue weighted by Crippen LogP contribution is -2.30. The van der Waals surface area contributed by atoms with Crippen LogP contribution in [0.5, 0.6) is 0 Å². The van der Waals surface area contributed by atoms with E-state index in [1.165, 1.54) is 17.6 Å². The molecule has 1 aliphatic heterocycles. The molecule has 8 nitrogen and oxygen atoms in total. The van der Waals surface area contributed by atoms with E-state index < -0.39 is 0 Å². The molecule has 8 aromatic rings. The van der Waals surface area contributed by atoms with Gasteiger partial charge in [-0.15, -0.1) is 0 Å². The van der Waals surface area contributed by atoms with Crippen molar-refractivity contribution in [3.05, 3.63) is 158 Å². The predicted molar refractivity (Wildman–Crippen MR) is 186 cm³/mol. The fraction of sp³-hybridized carbons (Fsp3) is 0. The monoisotopic (exact) mass is 620 g/mol. The first-order valence-corrected chi connectivity index (χ1v) is 15.4. The molecule has 5 aromatic carbocycles. The van der Waals surface area contributed by atoms with Crippen LogP contribution in [0.1, 0.15) is 20.7 Å². The number of aromatic nitrogens is 5. The first-order valence-electron chi connectivity index (χ1n) is 15.4. The van der Waals surface area contributed by atoms with E-state index in [0.29, 0.717) is 22.5 Å². The molecule has 0 atom stereocenters. The van der Waals surface area contributed by atoms with Crippen molar-refractivity contribution in [1.82, 2.24) is 24.5 Å². The highest BCUT2D eigenvalue weighted by atomic mass is 16.2. The van der Waals surface area contributed by atoms with Gasteiger partial charge in [-0.05, 0) is 47.0 Å². The minimum Gasteiger partial charge on any atom is -0.308 e. The van der Waals surface area contributed by atoms with Crippen LogP contribution in [0.15, 0.2) is 147 Å².